The summed E-state index contributed by atoms with van der Waals surface area (Å²) in [6.45, 7) is 0. The van der Waals surface area contributed by atoms with Gasteiger partial charge in [0.25, 0.3) is 5.56 Å². The lowest BCUT2D eigenvalue weighted by Crippen LogP contribution is -2.28. The average Bonchev–Trinajstić information content (AvgIpc) is 2.07. The molecule has 0 aromatic carbocycles. The number of hydrogen-bond acceptors (Lipinski definition) is 3. The Morgan fingerprint density at radius 3 is 2.60 bits per heavy atom. The molecule has 1 rings (SSSR count). The van der Waals surface area contributed by atoms with Gasteiger partial charge in [0.2, 0.25) is 0 Å². The van der Waals surface area contributed by atoms with E-state index in [-0.39, 0.29) is 3.57 Å². The van der Waals surface area contributed by atoms with Crippen molar-refractivity contribution >= 4 is 36.4 Å². The monoisotopic (exact) mass is 344 g/mol. The summed E-state index contributed by atoms with van der Waals surface area (Å²) in [6, 6.07) is 0. The largest absolute Gasteiger partial charge is 0.350 e. The van der Waals surface area contributed by atoms with Gasteiger partial charge in [0.1, 0.15) is 0 Å². The number of H-pyrrole nitrogens is 1. The fraction of sp³-hybridized carbons (Fsp3) is 0. The molecule has 15 heavy (non-hydrogen) atoms. The van der Waals surface area contributed by atoms with Crippen LogP contribution in [-0.4, -0.2) is 19.3 Å². The Labute approximate surface area is 96.8 Å². The molecule has 0 unspecified atom stereocenters. The van der Waals surface area contributed by atoms with Crippen LogP contribution < -0.4 is 11.2 Å². The van der Waals surface area contributed by atoms with Gasteiger partial charge in [0, 0.05) is 18.2 Å². The van der Waals surface area contributed by atoms with Gasteiger partial charge in [-0.1, -0.05) is 0 Å². The third kappa shape index (κ3) is 3.74. The van der Waals surface area contributed by atoms with Crippen LogP contribution in [0.3, 0.4) is 0 Å². The van der Waals surface area contributed by atoms with Crippen LogP contribution in [0.25, 0.3) is 6.20 Å². The second-order valence-corrected chi connectivity index (χ2v) is 5.17. The van der Waals surface area contributed by atoms with Crippen LogP contribution in [0.1, 0.15) is 0 Å². The maximum absolute atomic E-state index is 11.1. The summed E-state index contributed by atoms with van der Waals surface area (Å²) in [5.41, 5.74) is -1.30. The molecule has 3 N–H and O–H groups in total. The molecule has 0 aliphatic carbocycles. The van der Waals surface area contributed by atoms with Gasteiger partial charge < -0.3 is 9.79 Å². The lowest BCUT2D eigenvalue weighted by atomic mass is 10.6. The van der Waals surface area contributed by atoms with Crippen molar-refractivity contribution in [2.75, 3.05) is 0 Å². The summed E-state index contributed by atoms with van der Waals surface area (Å²) in [7, 11) is -4.31. The number of aromatic nitrogens is 2. The smallest absolute Gasteiger partial charge is 0.321 e. The van der Waals surface area contributed by atoms with E-state index >= 15 is 0 Å². The molecule has 0 fully saturated rings. The molecule has 7 nitrogen and oxygen atoms in total. The van der Waals surface area contributed by atoms with Crippen LogP contribution in [0.15, 0.2) is 21.6 Å². The first-order chi connectivity index (χ1) is 6.79. The molecule has 0 aliphatic rings. The number of hydrogen-bond donors (Lipinski definition) is 3. The summed E-state index contributed by atoms with van der Waals surface area (Å²) in [6.07, 6.45) is 2.08. The van der Waals surface area contributed by atoms with Crippen LogP contribution in [0.2, 0.25) is 0 Å². The van der Waals surface area contributed by atoms with E-state index in [1.54, 1.807) is 22.6 Å². The zero-order chi connectivity index (χ0) is 11.6. The topological polar surface area (TPSA) is 112 Å². The van der Waals surface area contributed by atoms with E-state index < -0.39 is 18.8 Å². The molecule has 0 atom stereocenters. The van der Waals surface area contributed by atoms with Crippen LogP contribution >= 0.6 is 30.2 Å². The minimum absolute atomic E-state index is 0.238. The molecule has 0 radical (unpaired) electrons. The highest BCUT2D eigenvalue weighted by molar-refractivity contribution is 14.1. The van der Waals surface area contributed by atoms with Crippen LogP contribution in [-0.2, 0) is 4.57 Å². The molecular weight excluding hydrogens is 338 g/mol. The van der Waals surface area contributed by atoms with Crippen LogP contribution in [0.5, 0.6) is 0 Å². The van der Waals surface area contributed by atoms with Crippen molar-refractivity contribution in [1.29, 1.82) is 0 Å². The predicted octanol–water partition coefficient (Wildman–Crippen LogP) is -0.253. The van der Waals surface area contributed by atoms with Crippen molar-refractivity contribution < 1.29 is 14.4 Å². The molecule has 9 heteroatoms. The Morgan fingerprint density at radius 1 is 1.47 bits per heavy atom. The van der Waals surface area contributed by atoms with Crippen molar-refractivity contribution in [3.63, 3.8) is 0 Å². The third-order valence-electron chi connectivity index (χ3n) is 1.35. The molecular formula is C6H6IN2O5P. The van der Waals surface area contributed by atoms with E-state index in [4.69, 9.17) is 9.79 Å². The molecule has 1 aromatic rings. The first kappa shape index (κ1) is 12.4. The molecule has 1 heterocycles. The lowest BCUT2D eigenvalue weighted by molar-refractivity contribution is 0.386. The van der Waals surface area contributed by atoms with Gasteiger partial charge in [-0.3, -0.25) is 18.9 Å². The Kier molecular flexibility index (Phi) is 3.66. The highest BCUT2D eigenvalue weighted by Gasteiger charge is 2.06. The minimum Gasteiger partial charge on any atom is -0.321 e. The molecule has 82 valence electrons. The number of halogens is 1. The number of nitrogens with one attached hydrogen (secondary N) is 1. The first-order valence-corrected chi connectivity index (χ1v) is 6.31. The van der Waals surface area contributed by atoms with E-state index in [0.717, 1.165) is 10.8 Å². The van der Waals surface area contributed by atoms with E-state index in [1.165, 1.54) is 6.20 Å². The van der Waals surface area contributed by atoms with E-state index in [2.05, 4.69) is 0 Å². The molecule has 0 spiro atoms. The quantitative estimate of drug-likeness (QED) is 0.506. The molecule has 0 aliphatic heterocycles. The van der Waals surface area contributed by atoms with Crippen LogP contribution in [0, 0.1) is 3.57 Å². The Hall–Kier alpha value is -0.700. The number of nitrogens with zero attached hydrogens (tertiary/aromatic N) is 1. The fourth-order valence-corrected chi connectivity index (χ4v) is 1.48. The maximum atomic E-state index is 11.1. The predicted molar refractivity (Wildman–Crippen MR) is 61.4 cm³/mol. The second-order valence-electron chi connectivity index (χ2n) is 2.53. The number of aromatic amines is 1. The van der Waals surface area contributed by atoms with Crippen molar-refractivity contribution in [2.45, 2.75) is 0 Å². The van der Waals surface area contributed by atoms with Crippen molar-refractivity contribution in [3.8, 4) is 0 Å². The summed E-state index contributed by atoms with van der Waals surface area (Å²) < 4.78 is 11.6. The normalized spacial score (nSPS) is 12.2. The van der Waals surface area contributed by atoms with Gasteiger partial charge in [-0.15, -0.1) is 0 Å². The highest BCUT2D eigenvalue weighted by Crippen LogP contribution is 2.35. The Balaban J connectivity index is 3.24. The van der Waals surface area contributed by atoms with Gasteiger partial charge in [-0.25, -0.2) is 4.79 Å². The van der Waals surface area contributed by atoms with Gasteiger partial charge >= 0.3 is 13.3 Å². The zero-order valence-electron chi connectivity index (χ0n) is 7.12. The van der Waals surface area contributed by atoms with Crippen LogP contribution in [0.4, 0.5) is 0 Å². The minimum atomic E-state index is -4.31. The zero-order valence-corrected chi connectivity index (χ0v) is 10.2. The van der Waals surface area contributed by atoms with Gasteiger partial charge in [0.15, 0.2) is 0 Å². The van der Waals surface area contributed by atoms with E-state index in [0.29, 0.717) is 5.82 Å². The summed E-state index contributed by atoms with van der Waals surface area (Å²) in [4.78, 5) is 41.1. The van der Waals surface area contributed by atoms with Gasteiger partial charge in [-0.2, -0.15) is 0 Å². The summed E-state index contributed by atoms with van der Waals surface area (Å²) in [5, 5.41) is 0. The van der Waals surface area contributed by atoms with Gasteiger partial charge in [0.05, 0.1) is 3.57 Å². The Bertz CT molecular complexity index is 553. The third-order valence-corrected chi connectivity index (χ3v) is 2.64. The number of rotatable bonds is 2. The second kappa shape index (κ2) is 4.44. The molecule has 0 saturated heterocycles. The summed E-state index contributed by atoms with van der Waals surface area (Å²) >= 11 is 1.70. The SMILES string of the molecule is O=c1[nH]c(=O)n(/C=C\P(=O)(O)O)cc1I. The maximum Gasteiger partial charge on any atom is 0.350 e. The lowest BCUT2D eigenvalue weighted by Gasteiger charge is -1.98. The molecule has 0 bridgehead atoms. The van der Waals surface area contributed by atoms with Crippen molar-refractivity contribution in [3.05, 3.63) is 36.4 Å². The highest BCUT2D eigenvalue weighted by atomic mass is 127. The average molecular weight is 344 g/mol. The van der Waals surface area contributed by atoms with Gasteiger partial charge in [-0.05, 0) is 22.6 Å². The Morgan fingerprint density at radius 2 is 2.07 bits per heavy atom. The molecule has 0 amide bonds. The van der Waals surface area contributed by atoms with Crippen molar-refractivity contribution in [2.24, 2.45) is 0 Å². The summed E-state index contributed by atoms with van der Waals surface area (Å²) in [5.74, 6) is 0.572. The van der Waals surface area contributed by atoms with Crippen molar-refractivity contribution in [1.82, 2.24) is 9.55 Å². The molecule has 1 aromatic heterocycles. The standard InChI is InChI=1S/C6H6IN2O5P/c7-4-3-9(1-2-15(12,13)14)6(11)8-5(4)10/h1-3H,(H,8,10,11)(H2,12,13,14)/b2-1-. The fourth-order valence-electron chi connectivity index (χ4n) is 0.730. The molecule has 0 saturated carbocycles. The van der Waals surface area contributed by atoms with E-state index in [9.17, 15) is 14.2 Å². The van der Waals surface area contributed by atoms with E-state index in [1.807, 2.05) is 4.98 Å². The first-order valence-electron chi connectivity index (χ1n) is 3.55.